The minimum Gasteiger partial charge on any atom is -0.480 e. The van der Waals surface area contributed by atoms with Crippen molar-refractivity contribution in [1.82, 2.24) is 15.3 Å². The van der Waals surface area contributed by atoms with Gasteiger partial charge in [0.15, 0.2) is 0 Å². The molecule has 0 spiro atoms. The van der Waals surface area contributed by atoms with Gasteiger partial charge in [-0.05, 0) is 13.3 Å². The Balaban J connectivity index is 2.72. The van der Waals surface area contributed by atoms with E-state index in [1.807, 2.05) is 27.7 Å². The van der Waals surface area contributed by atoms with E-state index in [-0.39, 0.29) is 11.3 Å². The number of nitrogens with zero attached hydrogens (tertiary/aromatic N) is 2. The molecule has 0 atom stereocenters. The maximum atomic E-state index is 11.9. The van der Waals surface area contributed by atoms with Crippen LogP contribution >= 0.6 is 0 Å². The van der Waals surface area contributed by atoms with Crippen LogP contribution in [0.3, 0.4) is 0 Å². The molecule has 0 bridgehead atoms. The van der Waals surface area contributed by atoms with Crippen molar-refractivity contribution in [2.75, 3.05) is 7.11 Å². The first-order valence-electron chi connectivity index (χ1n) is 6.05. The first-order valence-corrected chi connectivity index (χ1v) is 6.05. The van der Waals surface area contributed by atoms with Crippen LogP contribution in [-0.2, 0) is 11.3 Å². The minimum atomic E-state index is -0.370. The molecule has 1 aromatic heterocycles. The third kappa shape index (κ3) is 3.42. The predicted molar refractivity (Wildman–Crippen MR) is 69.2 cm³/mol. The van der Waals surface area contributed by atoms with Gasteiger partial charge in [0.1, 0.15) is 5.69 Å². The molecule has 0 aliphatic rings. The van der Waals surface area contributed by atoms with Crippen molar-refractivity contribution in [3.63, 3.8) is 0 Å². The van der Waals surface area contributed by atoms with Crippen molar-refractivity contribution in [2.45, 2.75) is 40.7 Å². The lowest BCUT2D eigenvalue weighted by molar-refractivity contribution is -0.129. The highest BCUT2D eigenvalue weighted by atomic mass is 16.5. The molecular formula is C13H21N3O2. The lowest BCUT2D eigenvalue weighted by Gasteiger charge is -2.21. The minimum absolute atomic E-state index is 0.00873. The largest absolute Gasteiger partial charge is 0.480 e. The van der Waals surface area contributed by atoms with E-state index >= 15 is 0 Å². The molecule has 100 valence electrons. The number of nitrogens with one attached hydrogen (secondary N) is 1. The van der Waals surface area contributed by atoms with Crippen LogP contribution in [0.25, 0.3) is 0 Å². The lowest BCUT2D eigenvalue weighted by atomic mass is 9.89. The van der Waals surface area contributed by atoms with Crippen molar-refractivity contribution in [3.05, 3.63) is 17.6 Å². The number of aryl methyl sites for hydroxylation is 1. The molecule has 5 nitrogen and oxygen atoms in total. The lowest BCUT2D eigenvalue weighted by Crippen LogP contribution is -2.36. The number of ether oxygens (including phenoxy) is 1. The second-order valence-electron chi connectivity index (χ2n) is 4.89. The van der Waals surface area contributed by atoms with Gasteiger partial charge < -0.3 is 10.1 Å². The van der Waals surface area contributed by atoms with Crippen LogP contribution in [0, 0.1) is 12.3 Å². The van der Waals surface area contributed by atoms with Gasteiger partial charge in [-0.3, -0.25) is 9.78 Å². The molecule has 1 aromatic rings. The van der Waals surface area contributed by atoms with Gasteiger partial charge in [-0.25, -0.2) is 4.98 Å². The van der Waals surface area contributed by atoms with E-state index in [1.165, 1.54) is 0 Å². The molecular weight excluding hydrogens is 230 g/mol. The Morgan fingerprint density at radius 3 is 2.72 bits per heavy atom. The monoisotopic (exact) mass is 251 g/mol. The molecule has 0 unspecified atom stereocenters. The summed E-state index contributed by atoms with van der Waals surface area (Å²) < 4.78 is 5.15. The maximum absolute atomic E-state index is 11.9. The number of carbonyl (C=O) groups is 1. The van der Waals surface area contributed by atoms with Crippen molar-refractivity contribution >= 4 is 5.91 Å². The molecule has 0 saturated carbocycles. The summed E-state index contributed by atoms with van der Waals surface area (Å²) >= 11 is 0. The highest BCUT2D eigenvalue weighted by Crippen LogP contribution is 2.20. The number of hydrogen-bond acceptors (Lipinski definition) is 4. The van der Waals surface area contributed by atoms with Crippen molar-refractivity contribution < 1.29 is 9.53 Å². The van der Waals surface area contributed by atoms with Gasteiger partial charge in [-0.15, -0.1) is 0 Å². The Hall–Kier alpha value is -1.65. The molecule has 0 aliphatic carbocycles. The number of rotatable bonds is 5. The van der Waals surface area contributed by atoms with E-state index in [4.69, 9.17) is 4.74 Å². The van der Waals surface area contributed by atoms with E-state index in [2.05, 4.69) is 15.3 Å². The Morgan fingerprint density at radius 1 is 1.50 bits per heavy atom. The van der Waals surface area contributed by atoms with Crippen LogP contribution in [0.15, 0.2) is 6.20 Å². The SMILES string of the molecule is CCC(C)(C)C(=O)NCc1ncc(C)nc1OC. The van der Waals surface area contributed by atoms with Crippen LogP contribution in [0.4, 0.5) is 0 Å². The molecule has 1 N–H and O–H groups in total. The van der Waals surface area contributed by atoms with Gasteiger partial charge in [-0.1, -0.05) is 20.8 Å². The number of hydrogen-bond donors (Lipinski definition) is 1. The summed E-state index contributed by atoms with van der Waals surface area (Å²) in [7, 11) is 1.55. The van der Waals surface area contributed by atoms with Crippen LogP contribution < -0.4 is 10.1 Å². The number of carbonyl (C=O) groups excluding carboxylic acids is 1. The van der Waals surface area contributed by atoms with Gasteiger partial charge in [0, 0.05) is 11.6 Å². The van der Waals surface area contributed by atoms with E-state index < -0.39 is 0 Å². The third-order valence-electron chi connectivity index (χ3n) is 3.04. The van der Waals surface area contributed by atoms with E-state index in [9.17, 15) is 4.79 Å². The molecule has 0 saturated heterocycles. The zero-order valence-corrected chi connectivity index (χ0v) is 11.7. The molecule has 0 fully saturated rings. The normalized spacial score (nSPS) is 11.2. The quantitative estimate of drug-likeness (QED) is 0.867. The number of aromatic nitrogens is 2. The number of methoxy groups -OCH3 is 1. The van der Waals surface area contributed by atoms with Crippen LogP contribution in [0.5, 0.6) is 5.88 Å². The molecule has 18 heavy (non-hydrogen) atoms. The van der Waals surface area contributed by atoms with Gasteiger partial charge in [0.05, 0.1) is 19.3 Å². The molecule has 0 aliphatic heterocycles. The van der Waals surface area contributed by atoms with E-state index in [0.29, 0.717) is 18.1 Å². The summed E-state index contributed by atoms with van der Waals surface area (Å²) in [5.41, 5.74) is 1.06. The average molecular weight is 251 g/mol. The Kier molecular flexibility index (Phi) is 4.64. The standard InChI is InChI=1S/C13H21N3O2/c1-6-13(3,4)12(17)15-8-10-11(18-5)16-9(2)7-14-10/h7H,6,8H2,1-5H3,(H,15,17). The van der Waals surface area contributed by atoms with Gasteiger partial charge in [0.25, 0.3) is 0 Å². The van der Waals surface area contributed by atoms with Crippen LogP contribution in [-0.4, -0.2) is 23.0 Å². The van der Waals surface area contributed by atoms with E-state index in [1.54, 1.807) is 13.3 Å². The topological polar surface area (TPSA) is 64.1 Å². The van der Waals surface area contributed by atoms with Crippen LogP contribution in [0.2, 0.25) is 0 Å². The summed E-state index contributed by atoms with van der Waals surface area (Å²) in [5.74, 6) is 0.471. The summed E-state index contributed by atoms with van der Waals surface area (Å²) in [6.07, 6.45) is 2.45. The highest BCUT2D eigenvalue weighted by Gasteiger charge is 2.25. The van der Waals surface area contributed by atoms with Crippen LogP contribution in [0.1, 0.15) is 38.6 Å². The summed E-state index contributed by atoms with van der Waals surface area (Å²) in [6, 6.07) is 0. The number of amides is 1. The fourth-order valence-corrected chi connectivity index (χ4v) is 1.33. The zero-order chi connectivity index (χ0) is 13.8. The third-order valence-corrected chi connectivity index (χ3v) is 3.04. The first-order chi connectivity index (χ1) is 8.40. The van der Waals surface area contributed by atoms with E-state index in [0.717, 1.165) is 12.1 Å². The molecule has 1 rings (SSSR count). The summed E-state index contributed by atoms with van der Waals surface area (Å²) in [4.78, 5) is 20.4. The van der Waals surface area contributed by atoms with Gasteiger partial charge >= 0.3 is 0 Å². The maximum Gasteiger partial charge on any atom is 0.237 e. The van der Waals surface area contributed by atoms with Crippen molar-refractivity contribution in [3.8, 4) is 5.88 Å². The second kappa shape index (κ2) is 5.80. The predicted octanol–water partition coefficient (Wildman–Crippen LogP) is 1.85. The molecule has 0 radical (unpaired) electrons. The first kappa shape index (κ1) is 14.4. The fraction of sp³-hybridized carbons (Fsp3) is 0.615. The van der Waals surface area contributed by atoms with Crippen molar-refractivity contribution in [2.24, 2.45) is 5.41 Å². The molecule has 1 amide bonds. The highest BCUT2D eigenvalue weighted by molar-refractivity contribution is 5.81. The van der Waals surface area contributed by atoms with Crippen molar-refractivity contribution in [1.29, 1.82) is 0 Å². The molecule has 5 heteroatoms. The van der Waals surface area contributed by atoms with Gasteiger partial charge in [0.2, 0.25) is 11.8 Å². The molecule has 0 aromatic carbocycles. The summed E-state index contributed by atoms with van der Waals surface area (Å²) in [6.45, 7) is 8.00. The second-order valence-corrected chi connectivity index (χ2v) is 4.89. The smallest absolute Gasteiger partial charge is 0.237 e. The Labute approximate surface area is 108 Å². The fourth-order valence-electron chi connectivity index (χ4n) is 1.33. The Morgan fingerprint density at radius 2 is 2.17 bits per heavy atom. The zero-order valence-electron chi connectivity index (χ0n) is 11.7. The Bertz CT molecular complexity index is 430. The molecule has 1 heterocycles. The average Bonchev–Trinajstić information content (AvgIpc) is 2.36. The van der Waals surface area contributed by atoms with Gasteiger partial charge in [-0.2, -0.15) is 0 Å². The summed E-state index contributed by atoms with van der Waals surface area (Å²) in [5, 5.41) is 2.86.